The van der Waals surface area contributed by atoms with E-state index >= 15 is 0 Å². The Balaban J connectivity index is 2.41. The normalized spacial score (nSPS) is 10.0. The Morgan fingerprint density at radius 2 is 1.42 bits per heavy atom. The second-order valence-corrected chi connectivity index (χ2v) is 4.69. The highest BCUT2D eigenvalue weighted by atomic mass is 16.5. The fourth-order valence-electron chi connectivity index (χ4n) is 1.98. The lowest BCUT2D eigenvalue weighted by atomic mass is 10.0. The lowest BCUT2D eigenvalue weighted by Crippen LogP contribution is -2.15. The zero-order valence-electron chi connectivity index (χ0n) is 12.5. The Morgan fingerprint density at radius 3 is 2.04 bits per heavy atom. The van der Waals surface area contributed by atoms with Crippen LogP contribution in [0.15, 0.2) is 48.5 Å². The fourth-order valence-corrected chi connectivity index (χ4v) is 1.98. The van der Waals surface area contributed by atoms with Gasteiger partial charge in [-0.05, 0) is 12.1 Å². The zero-order valence-corrected chi connectivity index (χ0v) is 12.5. The predicted octanol–water partition coefficient (Wildman–Crippen LogP) is 1.84. The summed E-state index contributed by atoms with van der Waals surface area (Å²) in [6, 6.07) is 12.7. The van der Waals surface area contributed by atoms with Gasteiger partial charge in [0.15, 0.2) is 30.5 Å². The second-order valence-electron chi connectivity index (χ2n) is 4.69. The molecule has 7 heteroatoms. The molecule has 0 heterocycles. The van der Waals surface area contributed by atoms with Gasteiger partial charge in [0.2, 0.25) is 0 Å². The van der Waals surface area contributed by atoms with E-state index in [1.165, 1.54) is 18.2 Å². The summed E-state index contributed by atoms with van der Waals surface area (Å²) in [5.41, 5.74) is 0.471. The zero-order chi connectivity index (χ0) is 17.5. The van der Waals surface area contributed by atoms with Crippen molar-refractivity contribution in [2.75, 3.05) is 13.2 Å². The third kappa shape index (κ3) is 4.33. The summed E-state index contributed by atoms with van der Waals surface area (Å²) in [5, 5.41) is 17.5. The summed E-state index contributed by atoms with van der Waals surface area (Å²) in [6.07, 6.45) is 0. The van der Waals surface area contributed by atoms with Crippen LogP contribution in [0.1, 0.15) is 15.9 Å². The number of rotatable bonds is 8. The fraction of sp³-hybridized carbons (Fsp3) is 0.118. The van der Waals surface area contributed by atoms with Crippen molar-refractivity contribution in [2.24, 2.45) is 0 Å². The van der Waals surface area contributed by atoms with Crippen molar-refractivity contribution in [1.82, 2.24) is 0 Å². The van der Waals surface area contributed by atoms with E-state index in [1.54, 1.807) is 30.3 Å². The summed E-state index contributed by atoms with van der Waals surface area (Å²) in [7, 11) is 0. The molecule has 0 fully saturated rings. The SMILES string of the molecule is O=C(O)COc1cccc(C(=O)c2ccccc2)c1OCC(=O)O. The van der Waals surface area contributed by atoms with E-state index in [0.717, 1.165) is 0 Å². The van der Waals surface area contributed by atoms with E-state index < -0.39 is 30.9 Å². The van der Waals surface area contributed by atoms with Crippen LogP contribution in [-0.2, 0) is 9.59 Å². The van der Waals surface area contributed by atoms with Gasteiger partial charge in [0, 0.05) is 5.56 Å². The van der Waals surface area contributed by atoms with Crippen LogP contribution in [-0.4, -0.2) is 41.1 Å². The van der Waals surface area contributed by atoms with Gasteiger partial charge in [0.25, 0.3) is 0 Å². The van der Waals surface area contributed by atoms with Crippen LogP contribution in [0.25, 0.3) is 0 Å². The van der Waals surface area contributed by atoms with Crippen LogP contribution in [0.5, 0.6) is 11.5 Å². The first-order chi connectivity index (χ1) is 11.5. The molecule has 0 aliphatic carbocycles. The molecule has 2 rings (SSSR count). The minimum atomic E-state index is -1.24. The highest BCUT2D eigenvalue weighted by Crippen LogP contribution is 2.33. The van der Waals surface area contributed by atoms with E-state index in [2.05, 4.69) is 0 Å². The quantitative estimate of drug-likeness (QED) is 0.711. The number of hydrogen-bond acceptors (Lipinski definition) is 5. The molecule has 2 N–H and O–H groups in total. The molecule has 0 spiro atoms. The molecule has 2 aromatic rings. The molecule has 0 amide bonds. The van der Waals surface area contributed by atoms with E-state index in [9.17, 15) is 14.4 Å². The summed E-state index contributed by atoms with van der Waals surface area (Å²) >= 11 is 0. The Hall–Kier alpha value is -3.35. The van der Waals surface area contributed by atoms with Gasteiger partial charge in [-0.2, -0.15) is 0 Å². The van der Waals surface area contributed by atoms with Crippen LogP contribution < -0.4 is 9.47 Å². The first-order valence-electron chi connectivity index (χ1n) is 6.91. The maximum absolute atomic E-state index is 12.6. The first-order valence-corrected chi connectivity index (χ1v) is 6.91. The molecule has 0 saturated heterocycles. The molecule has 2 aromatic carbocycles. The third-order valence-corrected chi connectivity index (χ3v) is 2.95. The molecule has 0 bridgehead atoms. The number of benzene rings is 2. The molecular weight excluding hydrogens is 316 g/mol. The maximum Gasteiger partial charge on any atom is 0.341 e. The Kier molecular flexibility index (Phi) is 5.51. The molecule has 0 aromatic heterocycles. The van der Waals surface area contributed by atoms with Crippen molar-refractivity contribution in [3.05, 3.63) is 59.7 Å². The van der Waals surface area contributed by atoms with Crippen molar-refractivity contribution >= 4 is 17.7 Å². The highest BCUT2D eigenvalue weighted by molar-refractivity contribution is 6.11. The summed E-state index contributed by atoms with van der Waals surface area (Å²) in [6.45, 7) is -1.34. The Morgan fingerprint density at radius 1 is 0.792 bits per heavy atom. The van der Waals surface area contributed by atoms with Crippen LogP contribution >= 0.6 is 0 Å². The number of carboxylic acid groups (broad SMARTS) is 2. The van der Waals surface area contributed by atoms with Crippen molar-refractivity contribution in [3.63, 3.8) is 0 Å². The van der Waals surface area contributed by atoms with E-state index in [0.29, 0.717) is 5.56 Å². The van der Waals surface area contributed by atoms with Crippen molar-refractivity contribution in [1.29, 1.82) is 0 Å². The number of ketones is 1. The number of carboxylic acids is 2. The number of carbonyl (C=O) groups is 3. The third-order valence-electron chi connectivity index (χ3n) is 2.95. The summed E-state index contributed by atoms with van der Waals surface area (Å²) in [5.74, 6) is -2.95. The first kappa shape index (κ1) is 17.0. The van der Waals surface area contributed by atoms with Crippen LogP contribution in [0.2, 0.25) is 0 Å². The molecule has 0 atom stereocenters. The molecule has 0 aliphatic rings. The smallest absolute Gasteiger partial charge is 0.341 e. The van der Waals surface area contributed by atoms with Gasteiger partial charge in [-0.25, -0.2) is 9.59 Å². The second kappa shape index (κ2) is 7.77. The largest absolute Gasteiger partial charge is 0.479 e. The number of para-hydroxylation sites is 1. The summed E-state index contributed by atoms with van der Waals surface area (Å²) in [4.78, 5) is 34.0. The number of carbonyl (C=O) groups excluding carboxylic acids is 1. The molecule has 24 heavy (non-hydrogen) atoms. The van der Waals surface area contributed by atoms with Gasteiger partial charge in [0.05, 0.1) is 5.56 Å². The molecular formula is C17H14O7. The average molecular weight is 330 g/mol. The van der Waals surface area contributed by atoms with Gasteiger partial charge in [-0.1, -0.05) is 36.4 Å². The van der Waals surface area contributed by atoms with E-state index in [-0.39, 0.29) is 17.1 Å². The molecule has 0 saturated carbocycles. The lowest BCUT2D eigenvalue weighted by molar-refractivity contribution is -0.140. The van der Waals surface area contributed by atoms with Crippen LogP contribution in [0, 0.1) is 0 Å². The molecule has 0 aliphatic heterocycles. The van der Waals surface area contributed by atoms with Crippen molar-refractivity contribution in [3.8, 4) is 11.5 Å². The van der Waals surface area contributed by atoms with Gasteiger partial charge >= 0.3 is 11.9 Å². The molecule has 0 radical (unpaired) electrons. The monoisotopic (exact) mass is 330 g/mol. The predicted molar refractivity (Wildman–Crippen MR) is 82.6 cm³/mol. The standard InChI is InChI=1S/C17H14O7/c18-14(19)9-23-13-8-4-7-12(17(13)24-10-15(20)21)16(22)11-5-2-1-3-6-11/h1-8H,9-10H2,(H,18,19)(H,20,21). The molecule has 0 unspecified atom stereocenters. The number of ether oxygens (including phenoxy) is 2. The summed E-state index contributed by atoms with van der Waals surface area (Å²) < 4.78 is 10.3. The topological polar surface area (TPSA) is 110 Å². The maximum atomic E-state index is 12.6. The van der Waals surface area contributed by atoms with Gasteiger partial charge in [0.1, 0.15) is 0 Å². The molecule has 124 valence electrons. The van der Waals surface area contributed by atoms with E-state index in [4.69, 9.17) is 19.7 Å². The molecule has 7 nitrogen and oxygen atoms in total. The average Bonchev–Trinajstić information content (AvgIpc) is 2.58. The van der Waals surface area contributed by atoms with E-state index in [1.807, 2.05) is 0 Å². The van der Waals surface area contributed by atoms with Crippen LogP contribution in [0.3, 0.4) is 0 Å². The number of hydrogen-bond donors (Lipinski definition) is 2. The van der Waals surface area contributed by atoms with Gasteiger partial charge < -0.3 is 19.7 Å². The van der Waals surface area contributed by atoms with Crippen LogP contribution in [0.4, 0.5) is 0 Å². The minimum absolute atomic E-state index is 0.0135. The Bertz CT molecular complexity index is 753. The van der Waals surface area contributed by atoms with Crippen molar-refractivity contribution in [2.45, 2.75) is 0 Å². The highest BCUT2D eigenvalue weighted by Gasteiger charge is 2.20. The van der Waals surface area contributed by atoms with Gasteiger partial charge in [-0.3, -0.25) is 4.79 Å². The Labute approximate surface area is 137 Å². The number of aliphatic carboxylic acids is 2. The minimum Gasteiger partial charge on any atom is -0.479 e. The van der Waals surface area contributed by atoms with Crippen molar-refractivity contribution < 1.29 is 34.1 Å². The van der Waals surface area contributed by atoms with Gasteiger partial charge in [-0.15, -0.1) is 0 Å². The lowest BCUT2D eigenvalue weighted by Gasteiger charge is -2.14.